The van der Waals surface area contributed by atoms with Crippen LogP contribution in [0.25, 0.3) is 0 Å². The zero-order chi connectivity index (χ0) is 20.8. The summed E-state index contributed by atoms with van der Waals surface area (Å²) in [6.45, 7) is 0. The van der Waals surface area contributed by atoms with Crippen molar-refractivity contribution in [3.8, 4) is 0 Å². The van der Waals surface area contributed by atoms with E-state index in [4.69, 9.17) is 0 Å². The van der Waals surface area contributed by atoms with Gasteiger partial charge in [-0.25, -0.2) is 9.18 Å². The van der Waals surface area contributed by atoms with E-state index < -0.39 is 23.6 Å². The molecule has 0 aliphatic heterocycles. The van der Waals surface area contributed by atoms with Gasteiger partial charge in [0.15, 0.2) is 0 Å². The molecule has 0 bridgehead atoms. The Morgan fingerprint density at radius 2 is 1.28 bits per heavy atom. The average molecular weight is 392 g/mol. The number of ether oxygens (including phenoxy) is 1. The fraction of sp³-hybridized carbons (Fsp3) is 0.0455. The minimum Gasteiger partial charge on any atom is -0.465 e. The van der Waals surface area contributed by atoms with E-state index in [2.05, 4.69) is 15.4 Å². The quantitative estimate of drug-likeness (QED) is 0.640. The van der Waals surface area contributed by atoms with Gasteiger partial charge in [-0.1, -0.05) is 12.1 Å². The Morgan fingerprint density at radius 1 is 0.724 bits per heavy atom. The molecule has 0 heterocycles. The molecule has 0 radical (unpaired) electrons. The Hall–Kier alpha value is -4.00. The van der Waals surface area contributed by atoms with Crippen molar-refractivity contribution in [2.24, 2.45) is 0 Å². The molecule has 0 saturated carbocycles. The largest absolute Gasteiger partial charge is 0.465 e. The van der Waals surface area contributed by atoms with Crippen LogP contribution < -0.4 is 10.6 Å². The number of nitrogens with one attached hydrogen (secondary N) is 2. The zero-order valence-corrected chi connectivity index (χ0v) is 15.4. The summed E-state index contributed by atoms with van der Waals surface area (Å²) >= 11 is 0. The topological polar surface area (TPSA) is 84.5 Å². The van der Waals surface area contributed by atoms with Crippen molar-refractivity contribution in [2.45, 2.75) is 0 Å². The van der Waals surface area contributed by atoms with Crippen LogP contribution in [-0.4, -0.2) is 24.9 Å². The number of carbonyl (C=O) groups is 3. The number of anilines is 2. The van der Waals surface area contributed by atoms with Gasteiger partial charge in [0.1, 0.15) is 5.82 Å². The first-order valence-electron chi connectivity index (χ1n) is 8.63. The highest BCUT2D eigenvalue weighted by molar-refractivity contribution is 6.08. The van der Waals surface area contributed by atoms with E-state index in [1.807, 2.05) is 0 Å². The van der Waals surface area contributed by atoms with Crippen LogP contribution in [-0.2, 0) is 4.74 Å². The molecule has 2 amide bonds. The molecule has 29 heavy (non-hydrogen) atoms. The van der Waals surface area contributed by atoms with E-state index in [0.29, 0.717) is 16.9 Å². The third kappa shape index (κ3) is 5.04. The predicted molar refractivity (Wildman–Crippen MR) is 107 cm³/mol. The molecule has 3 rings (SSSR count). The number of hydrogen-bond donors (Lipinski definition) is 2. The van der Waals surface area contributed by atoms with Gasteiger partial charge in [0.25, 0.3) is 11.8 Å². The summed E-state index contributed by atoms with van der Waals surface area (Å²) in [5.74, 6) is -1.78. The molecule has 0 fully saturated rings. The maximum absolute atomic E-state index is 13.0. The van der Waals surface area contributed by atoms with Crippen molar-refractivity contribution < 1.29 is 23.5 Å². The van der Waals surface area contributed by atoms with Crippen molar-refractivity contribution in [3.05, 3.63) is 95.3 Å². The van der Waals surface area contributed by atoms with Crippen LogP contribution in [0.15, 0.2) is 72.8 Å². The Kier molecular flexibility index (Phi) is 5.99. The Morgan fingerprint density at radius 3 is 1.93 bits per heavy atom. The number of esters is 1. The molecule has 3 aromatic carbocycles. The fourth-order valence-corrected chi connectivity index (χ4v) is 2.58. The molecule has 2 N–H and O–H groups in total. The van der Waals surface area contributed by atoms with Crippen LogP contribution >= 0.6 is 0 Å². The van der Waals surface area contributed by atoms with E-state index in [9.17, 15) is 18.8 Å². The lowest BCUT2D eigenvalue weighted by molar-refractivity contribution is 0.0600. The van der Waals surface area contributed by atoms with Gasteiger partial charge in [-0.2, -0.15) is 0 Å². The van der Waals surface area contributed by atoms with Crippen molar-refractivity contribution in [1.29, 1.82) is 0 Å². The minimum atomic E-state index is -0.542. The van der Waals surface area contributed by atoms with Crippen LogP contribution in [0, 0.1) is 5.82 Å². The lowest BCUT2D eigenvalue weighted by Gasteiger charge is -2.09. The Bertz CT molecular complexity index is 1060. The average Bonchev–Trinajstić information content (AvgIpc) is 2.75. The van der Waals surface area contributed by atoms with E-state index >= 15 is 0 Å². The van der Waals surface area contributed by atoms with Crippen LogP contribution in [0.2, 0.25) is 0 Å². The van der Waals surface area contributed by atoms with Crippen LogP contribution in [0.5, 0.6) is 0 Å². The summed E-state index contributed by atoms with van der Waals surface area (Å²) in [4.78, 5) is 36.5. The summed E-state index contributed by atoms with van der Waals surface area (Å²) in [6, 6.07) is 17.9. The SMILES string of the molecule is COC(=O)c1cccc(C(=O)Nc2cccc(C(=O)Nc3ccc(F)cc3)c2)c1. The Labute approximate surface area is 166 Å². The van der Waals surface area contributed by atoms with Crippen LogP contribution in [0.1, 0.15) is 31.1 Å². The van der Waals surface area contributed by atoms with Gasteiger partial charge in [0, 0.05) is 22.5 Å². The third-order valence-electron chi connectivity index (χ3n) is 4.03. The molecule has 0 aliphatic rings. The molecule has 0 atom stereocenters. The molecule has 3 aromatic rings. The number of amides is 2. The lowest BCUT2D eigenvalue weighted by atomic mass is 10.1. The van der Waals surface area contributed by atoms with Gasteiger partial charge in [-0.05, 0) is 60.7 Å². The standard InChI is InChI=1S/C22H17FN2O4/c1-29-22(28)16-6-2-4-14(12-16)20(26)25-19-7-3-5-15(13-19)21(27)24-18-10-8-17(23)9-11-18/h2-13H,1H3,(H,24,27)(H,25,26). The number of rotatable bonds is 5. The first-order valence-corrected chi connectivity index (χ1v) is 8.63. The summed E-state index contributed by atoms with van der Waals surface area (Å²) in [7, 11) is 1.26. The summed E-state index contributed by atoms with van der Waals surface area (Å²) in [5, 5.41) is 5.34. The zero-order valence-electron chi connectivity index (χ0n) is 15.4. The van der Waals surface area contributed by atoms with E-state index in [-0.39, 0.29) is 11.1 Å². The number of benzene rings is 3. The second-order valence-corrected chi connectivity index (χ2v) is 6.07. The van der Waals surface area contributed by atoms with Gasteiger partial charge >= 0.3 is 5.97 Å². The maximum atomic E-state index is 13.0. The molecule has 0 spiro atoms. The second-order valence-electron chi connectivity index (χ2n) is 6.07. The Balaban J connectivity index is 1.72. The number of methoxy groups -OCH3 is 1. The summed E-state index contributed by atoms with van der Waals surface area (Å²) < 4.78 is 17.6. The van der Waals surface area contributed by atoms with Crippen LogP contribution in [0.4, 0.5) is 15.8 Å². The highest BCUT2D eigenvalue weighted by Gasteiger charge is 2.12. The van der Waals surface area contributed by atoms with Gasteiger partial charge in [-0.15, -0.1) is 0 Å². The normalized spacial score (nSPS) is 10.1. The monoisotopic (exact) mass is 392 g/mol. The summed E-state index contributed by atoms with van der Waals surface area (Å²) in [6.07, 6.45) is 0. The van der Waals surface area contributed by atoms with Crippen LogP contribution in [0.3, 0.4) is 0 Å². The highest BCUT2D eigenvalue weighted by atomic mass is 19.1. The number of halogens is 1. The molecule has 0 unspecified atom stereocenters. The number of hydrogen-bond acceptors (Lipinski definition) is 4. The van der Waals surface area contributed by atoms with Crippen molar-refractivity contribution >= 4 is 29.2 Å². The molecular weight excluding hydrogens is 375 g/mol. The van der Waals surface area contributed by atoms with Crippen molar-refractivity contribution in [1.82, 2.24) is 0 Å². The van der Waals surface area contributed by atoms with Gasteiger partial charge in [0.05, 0.1) is 12.7 Å². The smallest absolute Gasteiger partial charge is 0.337 e. The molecule has 7 heteroatoms. The van der Waals surface area contributed by atoms with Crippen molar-refractivity contribution in [3.63, 3.8) is 0 Å². The molecule has 0 aromatic heterocycles. The molecule has 0 aliphatic carbocycles. The predicted octanol–water partition coefficient (Wildman–Crippen LogP) is 4.12. The van der Waals surface area contributed by atoms with E-state index in [0.717, 1.165) is 0 Å². The molecule has 6 nitrogen and oxygen atoms in total. The van der Waals surface area contributed by atoms with Gasteiger partial charge < -0.3 is 15.4 Å². The van der Waals surface area contributed by atoms with Gasteiger partial charge in [-0.3, -0.25) is 9.59 Å². The highest BCUT2D eigenvalue weighted by Crippen LogP contribution is 2.16. The van der Waals surface area contributed by atoms with E-state index in [1.165, 1.54) is 43.5 Å². The second kappa shape index (κ2) is 8.79. The van der Waals surface area contributed by atoms with Crippen molar-refractivity contribution in [2.75, 3.05) is 17.7 Å². The van der Waals surface area contributed by atoms with Gasteiger partial charge in [0.2, 0.25) is 0 Å². The minimum absolute atomic E-state index is 0.257. The maximum Gasteiger partial charge on any atom is 0.337 e. The molecular formula is C22H17FN2O4. The van der Waals surface area contributed by atoms with E-state index in [1.54, 1.807) is 36.4 Å². The third-order valence-corrected chi connectivity index (χ3v) is 4.03. The molecule has 0 saturated heterocycles. The fourth-order valence-electron chi connectivity index (χ4n) is 2.58. The first-order chi connectivity index (χ1) is 14.0. The summed E-state index contributed by atoms with van der Waals surface area (Å²) in [5.41, 5.74) is 1.70. The molecule has 146 valence electrons. The first kappa shape index (κ1) is 19.8. The lowest BCUT2D eigenvalue weighted by Crippen LogP contribution is -2.15. The number of carbonyl (C=O) groups excluding carboxylic acids is 3.